The smallest absolute Gasteiger partial charge is 0.226 e. The van der Waals surface area contributed by atoms with E-state index < -0.39 is 0 Å². The highest BCUT2D eigenvalue weighted by atomic mass is 15.3. The van der Waals surface area contributed by atoms with Crippen LogP contribution in [0.5, 0.6) is 0 Å². The Kier molecular flexibility index (Phi) is 2.77. The second-order valence-corrected chi connectivity index (χ2v) is 4.50. The summed E-state index contributed by atoms with van der Waals surface area (Å²) in [7, 11) is 0. The van der Waals surface area contributed by atoms with E-state index in [-0.39, 0.29) is 5.84 Å². The van der Waals surface area contributed by atoms with Crippen molar-refractivity contribution in [1.82, 2.24) is 9.97 Å². The van der Waals surface area contributed by atoms with Gasteiger partial charge in [0.15, 0.2) is 0 Å². The number of nitrogens with two attached hydrogens (primary N) is 1. The molecule has 2 atom stereocenters. The number of nitrogens with zero attached hydrogens (tertiary/aromatic N) is 3. The molecule has 1 saturated heterocycles. The normalized spacial score (nSPS) is 24.8. The van der Waals surface area contributed by atoms with Crippen LogP contribution in [0.3, 0.4) is 0 Å². The van der Waals surface area contributed by atoms with Crippen molar-refractivity contribution in [3.8, 4) is 0 Å². The lowest BCUT2D eigenvalue weighted by atomic mass is 10.1. The minimum absolute atomic E-state index is 0.0106. The molecule has 1 aromatic heterocycles. The Morgan fingerprint density at radius 3 is 2.88 bits per heavy atom. The Labute approximate surface area is 95.2 Å². The van der Waals surface area contributed by atoms with Gasteiger partial charge in [0.2, 0.25) is 5.95 Å². The Balaban J connectivity index is 2.27. The highest BCUT2D eigenvalue weighted by Gasteiger charge is 2.28. The fraction of sp³-hybridized carbons (Fsp3) is 0.545. The maximum atomic E-state index is 7.36. The number of nitrogens with one attached hydrogen (secondary N) is 1. The summed E-state index contributed by atoms with van der Waals surface area (Å²) in [6.45, 7) is 5.38. The van der Waals surface area contributed by atoms with Gasteiger partial charge in [0.1, 0.15) is 11.5 Å². The van der Waals surface area contributed by atoms with E-state index in [1.54, 1.807) is 12.3 Å². The molecule has 0 saturated carbocycles. The van der Waals surface area contributed by atoms with E-state index in [0.29, 0.717) is 23.6 Å². The van der Waals surface area contributed by atoms with Crippen LogP contribution in [0.25, 0.3) is 0 Å². The Morgan fingerprint density at radius 2 is 2.31 bits per heavy atom. The quantitative estimate of drug-likeness (QED) is 0.574. The van der Waals surface area contributed by atoms with Crippen LogP contribution < -0.4 is 10.6 Å². The van der Waals surface area contributed by atoms with Crippen molar-refractivity contribution in [2.75, 3.05) is 11.4 Å². The van der Waals surface area contributed by atoms with Gasteiger partial charge in [-0.3, -0.25) is 5.41 Å². The van der Waals surface area contributed by atoms with Crippen LogP contribution in [-0.2, 0) is 0 Å². The topological polar surface area (TPSA) is 78.9 Å². The SMILES string of the molecule is CC1CC(C)N(c2nccc(C(=N)N)n2)C1. The van der Waals surface area contributed by atoms with Crippen LogP contribution in [0.2, 0.25) is 0 Å². The third-order valence-corrected chi connectivity index (χ3v) is 2.96. The second-order valence-electron chi connectivity index (χ2n) is 4.50. The van der Waals surface area contributed by atoms with Crippen LogP contribution in [0.4, 0.5) is 5.95 Å². The molecule has 5 heteroatoms. The number of amidine groups is 1. The Morgan fingerprint density at radius 1 is 1.56 bits per heavy atom. The van der Waals surface area contributed by atoms with Gasteiger partial charge in [-0.25, -0.2) is 9.97 Å². The minimum Gasteiger partial charge on any atom is -0.382 e. The average Bonchev–Trinajstić information content (AvgIpc) is 2.58. The molecule has 2 rings (SSSR count). The highest BCUT2D eigenvalue weighted by molar-refractivity contribution is 5.93. The fourth-order valence-electron chi connectivity index (χ4n) is 2.22. The van der Waals surface area contributed by atoms with E-state index in [4.69, 9.17) is 11.1 Å². The summed E-state index contributed by atoms with van der Waals surface area (Å²) in [4.78, 5) is 10.7. The van der Waals surface area contributed by atoms with Gasteiger partial charge in [-0.15, -0.1) is 0 Å². The molecule has 1 aromatic rings. The van der Waals surface area contributed by atoms with Crippen molar-refractivity contribution >= 4 is 11.8 Å². The molecule has 2 unspecified atom stereocenters. The predicted molar refractivity (Wildman–Crippen MR) is 63.6 cm³/mol. The second kappa shape index (κ2) is 4.08. The zero-order valence-corrected chi connectivity index (χ0v) is 9.64. The van der Waals surface area contributed by atoms with Crippen molar-refractivity contribution in [3.63, 3.8) is 0 Å². The van der Waals surface area contributed by atoms with Gasteiger partial charge in [0, 0.05) is 18.8 Å². The van der Waals surface area contributed by atoms with Gasteiger partial charge in [0.05, 0.1) is 0 Å². The van der Waals surface area contributed by atoms with Gasteiger partial charge in [0.25, 0.3) is 0 Å². The number of rotatable bonds is 2. The van der Waals surface area contributed by atoms with E-state index in [9.17, 15) is 0 Å². The number of aromatic nitrogens is 2. The summed E-state index contributed by atoms with van der Waals surface area (Å²) in [5.41, 5.74) is 5.91. The van der Waals surface area contributed by atoms with Gasteiger partial charge in [-0.1, -0.05) is 6.92 Å². The fourth-order valence-corrected chi connectivity index (χ4v) is 2.22. The van der Waals surface area contributed by atoms with Crippen molar-refractivity contribution in [1.29, 1.82) is 5.41 Å². The molecule has 5 nitrogen and oxygen atoms in total. The van der Waals surface area contributed by atoms with E-state index in [1.807, 2.05) is 0 Å². The monoisotopic (exact) mass is 219 g/mol. The van der Waals surface area contributed by atoms with Crippen LogP contribution in [0.1, 0.15) is 26.0 Å². The first kappa shape index (κ1) is 10.9. The van der Waals surface area contributed by atoms with Gasteiger partial charge in [-0.2, -0.15) is 0 Å². The molecule has 0 aromatic carbocycles. The van der Waals surface area contributed by atoms with Crippen LogP contribution in [0.15, 0.2) is 12.3 Å². The third-order valence-electron chi connectivity index (χ3n) is 2.96. The van der Waals surface area contributed by atoms with Crippen LogP contribution in [0, 0.1) is 11.3 Å². The summed E-state index contributed by atoms with van der Waals surface area (Å²) < 4.78 is 0. The van der Waals surface area contributed by atoms with Crippen molar-refractivity contribution < 1.29 is 0 Å². The summed E-state index contributed by atoms with van der Waals surface area (Å²) in [6.07, 6.45) is 2.82. The molecule has 0 aliphatic carbocycles. The van der Waals surface area contributed by atoms with E-state index in [2.05, 4.69) is 28.7 Å². The maximum absolute atomic E-state index is 7.36. The molecule has 16 heavy (non-hydrogen) atoms. The number of nitrogen functional groups attached to an aromatic ring is 1. The summed E-state index contributed by atoms with van der Waals surface area (Å²) in [5, 5.41) is 7.36. The molecule has 1 aliphatic rings. The first-order valence-corrected chi connectivity index (χ1v) is 5.52. The molecule has 0 spiro atoms. The van der Waals surface area contributed by atoms with Crippen LogP contribution in [-0.4, -0.2) is 28.4 Å². The van der Waals surface area contributed by atoms with Crippen LogP contribution >= 0.6 is 0 Å². The number of hydrogen-bond acceptors (Lipinski definition) is 4. The van der Waals surface area contributed by atoms with Gasteiger partial charge < -0.3 is 10.6 Å². The molecular formula is C11H17N5. The summed E-state index contributed by atoms with van der Waals surface area (Å²) >= 11 is 0. The van der Waals surface area contributed by atoms with E-state index in [0.717, 1.165) is 13.0 Å². The molecule has 2 heterocycles. The lowest BCUT2D eigenvalue weighted by Gasteiger charge is -2.21. The molecule has 0 bridgehead atoms. The lowest BCUT2D eigenvalue weighted by Crippen LogP contribution is -2.29. The first-order chi connectivity index (χ1) is 7.58. The zero-order chi connectivity index (χ0) is 11.7. The molecule has 0 amide bonds. The van der Waals surface area contributed by atoms with Crippen molar-refractivity contribution in [2.45, 2.75) is 26.3 Å². The standard InChI is InChI=1S/C11H17N5/c1-7-5-8(2)16(6-7)11-14-4-3-9(15-11)10(12)13/h3-4,7-8H,5-6H2,1-2H3,(H3,12,13). The van der Waals surface area contributed by atoms with Gasteiger partial charge in [-0.05, 0) is 25.3 Å². The third kappa shape index (κ3) is 1.98. The largest absolute Gasteiger partial charge is 0.382 e. The van der Waals surface area contributed by atoms with E-state index in [1.165, 1.54) is 0 Å². The predicted octanol–water partition coefficient (Wildman–Crippen LogP) is 0.995. The Hall–Kier alpha value is -1.65. The number of anilines is 1. The van der Waals surface area contributed by atoms with Crippen molar-refractivity contribution in [2.24, 2.45) is 11.7 Å². The average molecular weight is 219 g/mol. The molecule has 1 aliphatic heterocycles. The van der Waals surface area contributed by atoms with Gasteiger partial charge >= 0.3 is 0 Å². The first-order valence-electron chi connectivity index (χ1n) is 5.52. The molecule has 1 fully saturated rings. The molecule has 86 valence electrons. The molecule has 0 radical (unpaired) electrons. The lowest BCUT2D eigenvalue weighted by molar-refractivity contribution is 0.624. The maximum Gasteiger partial charge on any atom is 0.226 e. The minimum atomic E-state index is -0.0106. The Bertz CT molecular complexity index is 403. The summed E-state index contributed by atoms with van der Waals surface area (Å²) in [6, 6.07) is 2.12. The molecule has 3 N–H and O–H groups in total. The summed E-state index contributed by atoms with van der Waals surface area (Å²) in [5.74, 6) is 1.34. The van der Waals surface area contributed by atoms with Crippen molar-refractivity contribution in [3.05, 3.63) is 18.0 Å². The number of hydrogen-bond donors (Lipinski definition) is 2. The molecular weight excluding hydrogens is 202 g/mol. The zero-order valence-electron chi connectivity index (χ0n) is 9.64. The van der Waals surface area contributed by atoms with E-state index >= 15 is 0 Å². The highest BCUT2D eigenvalue weighted by Crippen LogP contribution is 2.25.